The molecule has 0 fully saturated rings. The van der Waals surface area contributed by atoms with E-state index in [1.165, 1.54) is 0 Å². The van der Waals surface area contributed by atoms with Crippen LogP contribution in [0, 0.1) is 0 Å². The van der Waals surface area contributed by atoms with Crippen molar-refractivity contribution in [2.45, 2.75) is 19.4 Å². The predicted molar refractivity (Wildman–Crippen MR) is 52.5 cm³/mol. The first-order chi connectivity index (χ1) is 5.70. The molecule has 0 heterocycles. The molecule has 0 saturated carbocycles. The second-order valence-corrected chi connectivity index (χ2v) is 3.30. The molecule has 0 saturated heterocycles. The maximum absolute atomic E-state index is 4.98. The van der Waals surface area contributed by atoms with Crippen molar-refractivity contribution in [3.8, 4) is 0 Å². The lowest BCUT2D eigenvalue weighted by Gasteiger charge is -2.20. The third-order valence-corrected chi connectivity index (χ3v) is 1.97. The quantitative estimate of drug-likeness (QED) is 0.571. The highest BCUT2D eigenvalue weighted by Crippen LogP contribution is 1.90. The summed E-state index contributed by atoms with van der Waals surface area (Å²) in [5.41, 5.74) is 0. The van der Waals surface area contributed by atoms with Crippen LogP contribution in [0.3, 0.4) is 0 Å². The van der Waals surface area contributed by atoms with Crippen molar-refractivity contribution in [1.82, 2.24) is 10.2 Å². The summed E-state index contributed by atoms with van der Waals surface area (Å²) in [5, 5.41) is 3.21. The number of methoxy groups -OCH3 is 1. The minimum atomic E-state index is 0.567. The number of ether oxygens (including phenoxy) is 1. The molecule has 0 rings (SSSR count). The Morgan fingerprint density at radius 3 is 2.67 bits per heavy atom. The maximum atomic E-state index is 4.98. The van der Waals surface area contributed by atoms with Crippen molar-refractivity contribution in [3.63, 3.8) is 0 Å². The molecule has 0 amide bonds. The lowest BCUT2D eigenvalue weighted by Crippen LogP contribution is -2.35. The molecule has 0 aliphatic heterocycles. The van der Waals surface area contributed by atoms with Gasteiger partial charge in [-0.3, -0.25) is 0 Å². The van der Waals surface area contributed by atoms with E-state index in [0.29, 0.717) is 6.04 Å². The predicted octanol–water partition coefficient (Wildman–Crippen LogP) is 0.563. The van der Waals surface area contributed by atoms with Crippen LogP contribution >= 0.6 is 0 Å². The van der Waals surface area contributed by atoms with E-state index in [1.54, 1.807) is 7.11 Å². The van der Waals surface area contributed by atoms with E-state index in [0.717, 1.165) is 26.1 Å². The number of likely N-dealkylation sites (N-methyl/N-ethyl adjacent to an activating group) is 2. The van der Waals surface area contributed by atoms with Crippen molar-refractivity contribution in [3.05, 3.63) is 0 Å². The summed E-state index contributed by atoms with van der Waals surface area (Å²) in [6.07, 6.45) is 1.11. The molecule has 0 aliphatic rings. The second-order valence-electron chi connectivity index (χ2n) is 3.30. The fraction of sp³-hybridized carbons (Fsp3) is 1.00. The molecule has 1 N–H and O–H groups in total. The first-order valence-electron chi connectivity index (χ1n) is 4.55. The Bertz CT molecular complexity index is 98.5. The molecule has 3 nitrogen and oxygen atoms in total. The van der Waals surface area contributed by atoms with E-state index < -0.39 is 0 Å². The van der Waals surface area contributed by atoms with E-state index >= 15 is 0 Å². The molecule has 12 heavy (non-hydrogen) atoms. The summed E-state index contributed by atoms with van der Waals surface area (Å²) in [6.45, 7) is 5.26. The molecular formula is C9H22N2O. The third-order valence-electron chi connectivity index (χ3n) is 1.97. The van der Waals surface area contributed by atoms with Crippen LogP contribution in [0.5, 0.6) is 0 Å². The maximum Gasteiger partial charge on any atom is 0.0474 e. The lowest BCUT2D eigenvalue weighted by molar-refractivity contribution is 0.177. The van der Waals surface area contributed by atoms with Crippen molar-refractivity contribution < 1.29 is 4.74 Å². The first-order valence-corrected chi connectivity index (χ1v) is 4.55. The van der Waals surface area contributed by atoms with E-state index in [9.17, 15) is 0 Å². The molecular weight excluding hydrogens is 152 g/mol. The zero-order valence-electron chi connectivity index (χ0n) is 8.76. The summed E-state index contributed by atoms with van der Waals surface area (Å²) >= 11 is 0. The molecule has 74 valence electrons. The van der Waals surface area contributed by atoms with Crippen LogP contribution in [0.25, 0.3) is 0 Å². The Morgan fingerprint density at radius 1 is 1.50 bits per heavy atom. The molecule has 0 aliphatic carbocycles. The van der Waals surface area contributed by atoms with Gasteiger partial charge in [0.1, 0.15) is 0 Å². The van der Waals surface area contributed by atoms with Crippen LogP contribution in [-0.4, -0.2) is 51.8 Å². The molecule has 0 bridgehead atoms. The summed E-state index contributed by atoms with van der Waals surface area (Å²) in [6, 6.07) is 0.567. The van der Waals surface area contributed by atoms with Gasteiger partial charge < -0.3 is 15.0 Å². The number of hydrogen-bond donors (Lipinski definition) is 1. The van der Waals surface area contributed by atoms with E-state index in [1.807, 2.05) is 7.05 Å². The summed E-state index contributed by atoms with van der Waals surface area (Å²) in [7, 11) is 5.88. The Kier molecular flexibility index (Phi) is 7.45. The second kappa shape index (κ2) is 7.53. The SMILES string of the molecule is CNC(C)CN(C)CCCOC. The van der Waals surface area contributed by atoms with Crippen molar-refractivity contribution in [1.29, 1.82) is 0 Å². The fourth-order valence-electron chi connectivity index (χ4n) is 1.13. The van der Waals surface area contributed by atoms with Crippen LogP contribution in [0.15, 0.2) is 0 Å². The van der Waals surface area contributed by atoms with Gasteiger partial charge in [0.05, 0.1) is 0 Å². The smallest absolute Gasteiger partial charge is 0.0474 e. The Morgan fingerprint density at radius 2 is 2.17 bits per heavy atom. The van der Waals surface area contributed by atoms with Gasteiger partial charge in [-0.25, -0.2) is 0 Å². The minimum absolute atomic E-state index is 0.567. The summed E-state index contributed by atoms with van der Waals surface area (Å²) in [4.78, 5) is 2.32. The van der Waals surface area contributed by atoms with Crippen molar-refractivity contribution >= 4 is 0 Å². The van der Waals surface area contributed by atoms with E-state index in [-0.39, 0.29) is 0 Å². The largest absolute Gasteiger partial charge is 0.385 e. The van der Waals surface area contributed by atoms with Crippen LogP contribution in [0.4, 0.5) is 0 Å². The molecule has 0 aromatic carbocycles. The highest BCUT2D eigenvalue weighted by Gasteiger charge is 2.02. The van der Waals surface area contributed by atoms with Crippen LogP contribution in [0.2, 0.25) is 0 Å². The normalized spacial score (nSPS) is 13.8. The van der Waals surface area contributed by atoms with E-state index in [2.05, 4.69) is 24.2 Å². The fourth-order valence-corrected chi connectivity index (χ4v) is 1.13. The lowest BCUT2D eigenvalue weighted by atomic mass is 10.3. The Labute approximate surface area is 76.1 Å². The zero-order valence-corrected chi connectivity index (χ0v) is 8.76. The molecule has 0 aromatic rings. The van der Waals surface area contributed by atoms with Crippen LogP contribution in [-0.2, 0) is 4.74 Å². The number of hydrogen-bond acceptors (Lipinski definition) is 3. The highest BCUT2D eigenvalue weighted by molar-refractivity contribution is 4.62. The van der Waals surface area contributed by atoms with Gasteiger partial charge in [-0.15, -0.1) is 0 Å². The van der Waals surface area contributed by atoms with Crippen molar-refractivity contribution in [2.75, 3.05) is 40.9 Å². The monoisotopic (exact) mass is 174 g/mol. The Balaban J connectivity index is 3.26. The zero-order chi connectivity index (χ0) is 9.40. The molecule has 0 radical (unpaired) electrons. The Hall–Kier alpha value is -0.120. The van der Waals surface area contributed by atoms with Crippen molar-refractivity contribution in [2.24, 2.45) is 0 Å². The van der Waals surface area contributed by atoms with Crippen LogP contribution in [0.1, 0.15) is 13.3 Å². The van der Waals surface area contributed by atoms with Crippen LogP contribution < -0.4 is 5.32 Å². The average Bonchev–Trinajstić information content (AvgIpc) is 2.05. The van der Waals surface area contributed by atoms with Gasteiger partial charge in [-0.2, -0.15) is 0 Å². The number of nitrogens with zero attached hydrogens (tertiary/aromatic N) is 1. The molecule has 1 atom stereocenters. The number of rotatable bonds is 7. The standard InChI is InChI=1S/C9H22N2O/c1-9(10-2)8-11(3)6-5-7-12-4/h9-10H,5-8H2,1-4H3. The highest BCUT2D eigenvalue weighted by atomic mass is 16.5. The molecule has 0 spiro atoms. The first kappa shape index (κ1) is 11.9. The van der Waals surface area contributed by atoms with Gasteiger partial charge >= 0.3 is 0 Å². The number of nitrogens with one attached hydrogen (secondary N) is 1. The van der Waals surface area contributed by atoms with E-state index in [4.69, 9.17) is 4.74 Å². The molecule has 3 heteroatoms. The molecule has 0 aromatic heterocycles. The third kappa shape index (κ3) is 6.58. The van der Waals surface area contributed by atoms with Gasteiger partial charge in [0, 0.05) is 32.8 Å². The molecule has 1 unspecified atom stereocenters. The summed E-state index contributed by atoms with van der Waals surface area (Å²) in [5.74, 6) is 0. The van der Waals surface area contributed by atoms with Gasteiger partial charge in [0.25, 0.3) is 0 Å². The minimum Gasteiger partial charge on any atom is -0.385 e. The average molecular weight is 174 g/mol. The van der Waals surface area contributed by atoms with Gasteiger partial charge in [-0.1, -0.05) is 0 Å². The van der Waals surface area contributed by atoms with Gasteiger partial charge in [0.2, 0.25) is 0 Å². The van der Waals surface area contributed by atoms with Gasteiger partial charge in [0.15, 0.2) is 0 Å². The van der Waals surface area contributed by atoms with Gasteiger partial charge in [-0.05, 0) is 27.4 Å². The summed E-state index contributed by atoms with van der Waals surface area (Å²) < 4.78 is 4.98. The topological polar surface area (TPSA) is 24.5 Å².